The maximum Gasteiger partial charge on any atom is 0.416 e. The number of nitrogens with zero attached hydrogens (tertiary/aromatic N) is 2. The van der Waals surface area contributed by atoms with Gasteiger partial charge in [0.05, 0.1) is 5.56 Å². The average molecular weight is 346 g/mol. The van der Waals surface area contributed by atoms with Crippen molar-refractivity contribution in [2.24, 2.45) is 0 Å². The molecule has 0 spiro atoms. The number of carbonyl (C=O) groups is 1. The van der Waals surface area contributed by atoms with E-state index in [0.717, 1.165) is 37.5 Å². The second-order valence-electron chi connectivity index (χ2n) is 5.65. The van der Waals surface area contributed by atoms with Crippen LogP contribution in [0.15, 0.2) is 18.2 Å². The van der Waals surface area contributed by atoms with Gasteiger partial charge in [-0.3, -0.25) is 9.69 Å². The average Bonchev–Trinajstić information content (AvgIpc) is 2.52. The van der Waals surface area contributed by atoms with E-state index < -0.39 is 11.7 Å². The summed E-state index contributed by atoms with van der Waals surface area (Å²) in [6.07, 6.45) is -2.38. The molecule has 0 radical (unpaired) electrons. The molecule has 0 atom stereocenters. The van der Waals surface area contributed by atoms with Crippen LogP contribution in [0.3, 0.4) is 0 Å². The third-order valence-corrected chi connectivity index (χ3v) is 4.66. The van der Waals surface area contributed by atoms with Gasteiger partial charge in [0.1, 0.15) is 0 Å². The zero-order valence-electron chi connectivity index (χ0n) is 13.3. The molecule has 1 amide bonds. The van der Waals surface area contributed by atoms with E-state index in [1.54, 1.807) is 23.6 Å². The van der Waals surface area contributed by atoms with E-state index in [1.807, 2.05) is 0 Å². The number of piperazine rings is 1. The Bertz CT molecular complexity index is 555. The van der Waals surface area contributed by atoms with Crippen molar-refractivity contribution in [2.75, 3.05) is 44.7 Å². The van der Waals surface area contributed by atoms with Crippen LogP contribution in [-0.4, -0.2) is 60.4 Å². The molecule has 7 heteroatoms. The van der Waals surface area contributed by atoms with Gasteiger partial charge in [0.15, 0.2) is 0 Å². The maximum atomic E-state index is 12.8. The highest BCUT2D eigenvalue weighted by Gasteiger charge is 2.32. The quantitative estimate of drug-likeness (QED) is 0.837. The van der Waals surface area contributed by atoms with Gasteiger partial charge in [-0.05, 0) is 30.9 Å². The molecule has 1 aromatic carbocycles. The first-order chi connectivity index (χ1) is 10.8. The van der Waals surface area contributed by atoms with E-state index in [9.17, 15) is 18.0 Å². The minimum absolute atomic E-state index is 0.150. The van der Waals surface area contributed by atoms with Crippen molar-refractivity contribution >= 4 is 17.7 Å². The first-order valence-corrected chi connectivity index (χ1v) is 8.90. The van der Waals surface area contributed by atoms with Gasteiger partial charge in [0.2, 0.25) is 0 Å². The molecule has 1 heterocycles. The molecule has 0 N–H and O–H groups in total. The number of rotatable bonds is 4. The van der Waals surface area contributed by atoms with Gasteiger partial charge in [0, 0.05) is 44.0 Å². The smallest absolute Gasteiger partial charge is 0.336 e. The molecule has 23 heavy (non-hydrogen) atoms. The summed E-state index contributed by atoms with van der Waals surface area (Å²) in [5.41, 5.74) is -0.0461. The van der Waals surface area contributed by atoms with Crippen LogP contribution >= 0.6 is 11.8 Å². The van der Waals surface area contributed by atoms with Crippen LogP contribution < -0.4 is 0 Å². The van der Waals surface area contributed by atoms with Crippen molar-refractivity contribution in [1.29, 1.82) is 0 Å². The summed E-state index contributed by atoms with van der Waals surface area (Å²) in [6, 6.07) is 3.36. The predicted molar refractivity (Wildman–Crippen MR) is 86.9 cm³/mol. The first-order valence-electron chi connectivity index (χ1n) is 7.51. The van der Waals surface area contributed by atoms with Gasteiger partial charge in [-0.1, -0.05) is 6.07 Å². The van der Waals surface area contributed by atoms with Gasteiger partial charge in [-0.15, -0.1) is 0 Å². The topological polar surface area (TPSA) is 23.6 Å². The number of hydrogen-bond acceptors (Lipinski definition) is 3. The van der Waals surface area contributed by atoms with Gasteiger partial charge < -0.3 is 4.90 Å². The van der Waals surface area contributed by atoms with Crippen LogP contribution in [0.5, 0.6) is 0 Å². The van der Waals surface area contributed by atoms with Crippen LogP contribution in [0.4, 0.5) is 13.2 Å². The Balaban J connectivity index is 2.07. The summed E-state index contributed by atoms with van der Waals surface area (Å²) in [5, 5.41) is 0. The molecular weight excluding hydrogens is 325 g/mol. The maximum absolute atomic E-state index is 12.8. The Labute approximate surface area is 138 Å². The molecule has 0 saturated carbocycles. The summed E-state index contributed by atoms with van der Waals surface area (Å²) in [6.45, 7) is 5.30. The third-order valence-electron chi connectivity index (χ3n) is 4.07. The summed E-state index contributed by atoms with van der Waals surface area (Å²) in [5.74, 6) is 0.735. The lowest BCUT2D eigenvalue weighted by atomic mass is 10.0. The molecule has 1 fully saturated rings. The first kappa shape index (κ1) is 18.1. The molecule has 1 aromatic rings. The lowest BCUT2D eigenvalue weighted by Crippen LogP contribution is -2.49. The molecule has 1 saturated heterocycles. The largest absolute Gasteiger partial charge is 0.416 e. The van der Waals surface area contributed by atoms with E-state index in [4.69, 9.17) is 0 Å². The van der Waals surface area contributed by atoms with Gasteiger partial charge >= 0.3 is 6.18 Å². The fourth-order valence-corrected chi connectivity index (χ4v) is 3.03. The van der Waals surface area contributed by atoms with Gasteiger partial charge in [-0.25, -0.2) is 0 Å². The zero-order valence-corrected chi connectivity index (χ0v) is 14.1. The molecule has 128 valence electrons. The summed E-state index contributed by atoms with van der Waals surface area (Å²) >= 11 is 1.78. The Morgan fingerprint density at radius 1 is 1.22 bits per heavy atom. The summed E-state index contributed by atoms with van der Waals surface area (Å²) in [7, 11) is 0. The number of carbonyl (C=O) groups excluding carboxylic acids is 1. The van der Waals surface area contributed by atoms with Crippen LogP contribution in [-0.2, 0) is 6.18 Å². The monoisotopic (exact) mass is 346 g/mol. The predicted octanol–water partition coefficient (Wildman–Crippen LogP) is 3.13. The van der Waals surface area contributed by atoms with E-state index in [1.165, 1.54) is 6.07 Å². The van der Waals surface area contributed by atoms with Crippen LogP contribution in [0.1, 0.15) is 21.5 Å². The number of thioether (sulfide) groups is 1. The fraction of sp³-hybridized carbons (Fsp3) is 0.562. The number of alkyl halides is 3. The van der Waals surface area contributed by atoms with Crippen molar-refractivity contribution in [3.8, 4) is 0 Å². The number of amides is 1. The fourth-order valence-electron chi connectivity index (χ4n) is 2.59. The lowest BCUT2D eigenvalue weighted by molar-refractivity contribution is -0.137. The Kier molecular flexibility index (Phi) is 5.97. The van der Waals surface area contributed by atoms with E-state index in [0.29, 0.717) is 18.7 Å². The van der Waals surface area contributed by atoms with E-state index >= 15 is 0 Å². The minimum Gasteiger partial charge on any atom is -0.336 e. The van der Waals surface area contributed by atoms with Crippen molar-refractivity contribution in [3.05, 3.63) is 34.9 Å². The molecule has 3 nitrogen and oxygen atoms in total. The number of halogens is 3. The summed E-state index contributed by atoms with van der Waals surface area (Å²) < 4.78 is 38.5. The Morgan fingerprint density at radius 3 is 2.43 bits per heavy atom. The Hall–Kier alpha value is -1.21. The molecular formula is C16H21F3N2OS. The van der Waals surface area contributed by atoms with Crippen LogP contribution in [0.2, 0.25) is 0 Å². The molecule has 2 rings (SSSR count). The van der Waals surface area contributed by atoms with Gasteiger partial charge in [-0.2, -0.15) is 24.9 Å². The van der Waals surface area contributed by atoms with Crippen LogP contribution in [0, 0.1) is 6.92 Å². The SMILES string of the molecule is CSCCN1CCN(C(=O)c2cc(C(F)(F)F)ccc2C)CC1. The minimum atomic E-state index is -4.43. The second kappa shape index (κ2) is 7.57. The van der Waals surface area contributed by atoms with E-state index in [2.05, 4.69) is 11.2 Å². The number of hydrogen-bond donors (Lipinski definition) is 0. The molecule has 0 bridgehead atoms. The van der Waals surface area contributed by atoms with Crippen molar-refractivity contribution in [3.63, 3.8) is 0 Å². The highest BCUT2D eigenvalue weighted by molar-refractivity contribution is 7.98. The van der Waals surface area contributed by atoms with E-state index in [-0.39, 0.29) is 11.5 Å². The van der Waals surface area contributed by atoms with Crippen LogP contribution in [0.25, 0.3) is 0 Å². The second-order valence-corrected chi connectivity index (χ2v) is 6.64. The summed E-state index contributed by atoms with van der Waals surface area (Å²) in [4.78, 5) is 16.5. The zero-order chi connectivity index (χ0) is 17.0. The highest BCUT2D eigenvalue weighted by atomic mass is 32.2. The highest BCUT2D eigenvalue weighted by Crippen LogP contribution is 2.30. The van der Waals surface area contributed by atoms with Gasteiger partial charge in [0.25, 0.3) is 5.91 Å². The standard InChI is InChI=1S/C16H21F3N2OS/c1-12-3-4-13(16(17,18)19)11-14(12)15(22)21-7-5-20(6-8-21)9-10-23-2/h3-4,11H,5-10H2,1-2H3. The van der Waals surface area contributed by atoms with Crippen molar-refractivity contribution in [1.82, 2.24) is 9.80 Å². The molecule has 1 aliphatic rings. The normalized spacial score (nSPS) is 16.7. The number of aryl methyl sites for hydroxylation is 1. The number of benzene rings is 1. The third kappa shape index (κ3) is 4.64. The molecule has 0 aromatic heterocycles. The lowest BCUT2D eigenvalue weighted by Gasteiger charge is -2.35. The Morgan fingerprint density at radius 2 is 1.87 bits per heavy atom. The van der Waals surface area contributed by atoms with Crippen molar-refractivity contribution in [2.45, 2.75) is 13.1 Å². The van der Waals surface area contributed by atoms with Crippen molar-refractivity contribution < 1.29 is 18.0 Å². The molecule has 0 aliphatic carbocycles. The molecule has 0 unspecified atom stereocenters. The molecule has 1 aliphatic heterocycles.